The molecule has 8 nitrogen and oxygen atoms in total. The van der Waals surface area contributed by atoms with Crippen molar-refractivity contribution in [3.05, 3.63) is 95.1 Å². The number of hydrogen-bond donors (Lipinski definition) is 3. The molecule has 3 aromatic carbocycles. The first-order valence-corrected chi connectivity index (χ1v) is 13.0. The molecule has 3 N–H and O–H groups in total. The zero-order valence-electron chi connectivity index (χ0n) is 22.5. The summed E-state index contributed by atoms with van der Waals surface area (Å²) < 4.78 is 6.09. The van der Waals surface area contributed by atoms with Crippen molar-refractivity contribution in [1.29, 1.82) is 0 Å². The van der Waals surface area contributed by atoms with E-state index in [0.29, 0.717) is 54.8 Å². The minimum atomic E-state index is -1.34. The summed E-state index contributed by atoms with van der Waals surface area (Å²) in [4.78, 5) is 38.1. The van der Waals surface area contributed by atoms with E-state index >= 15 is 0 Å². The summed E-state index contributed by atoms with van der Waals surface area (Å²) in [7, 11) is 0. The Hall–Kier alpha value is -4.17. The van der Waals surface area contributed by atoms with E-state index in [1.807, 2.05) is 26.0 Å². The number of anilines is 1. The third-order valence-electron chi connectivity index (χ3n) is 7.02. The molecule has 3 rings (SSSR count). The molecule has 0 fully saturated rings. The topological polar surface area (TPSA) is 124 Å². The van der Waals surface area contributed by atoms with Crippen LogP contribution in [-0.4, -0.2) is 45.3 Å². The van der Waals surface area contributed by atoms with E-state index in [0.717, 1.165) is 0 Å². The normalized spacial score (nSPS) is 12.0. The Bertz CT molecular complexity index is 1300. The SMILES string of the molecule is CCC(O)(CC)CCCN(C(=O)c1ccccc1)c1cccc(OC(C)c2ccc(C(=O)O)c(C(=O)O)c2)c1. The van der Waals surface area contributed by atoms with Gasteiger partial charge in [-0.15, -0.1) is 0 Å². The predicted molar refractivity (Wildman–Crippen MR) is 149 cm³/mol. The lowest BCUT2D eigenvalue weighted by atomic mass is 9.92. The fraction of sp³-hybridized carbons (Fsp3) is 0.323. The molecule has 0 saturated heterocycles. The number of carboxylic acids is 2. The van der Waals surface area contributed by atoms with Crippen LogP contribution >= 0.6 is 0 Å². The van der Waals surface area contributed by atoms with Crippen molar-refractivity contribution in [2.75, 3.05) is 11.4 Å². The fourth-order valence-corrected chi connectivity index (χ4v) is 4.43. The molecular weight excluding hydrogens is 498 g/mol. The van der Waals surface area contributed by atoms with Crippen molar-refractivity contribution in [2.45, 2.75) is 58.2 Å². The Morgan fingerprint density at radius 2 is 1.54 bits per heavy atom. The number of nitrogens with zero attached hydrogens (tertiary/aromatic N) is 1. The van der Waals surface area contributed by atoms with Crippen LogP contribution in [0.4, 0.5) is 5.69 Å². The van der Waals surface area contributed by atoms with Crippen LogP contribution in [0.2, 0.25) is 0 Å². The van der Waals surface area contributed by atoms with Gasteiger partial charge in [-0.25, -0.2) is 9.59 Å². The number of carbonyl (C=O) groups is 3. The first kappa shape index (κ1) is 29.4. The molecule has 0 saturated carbocycles. The molecule has 206 valence electrons. The van der Waals surface area contributed by atoms with E-state index in [1.165, 1.54) is 18.2 Å². The summed E-state index contributed by atoms with van der Waals surface area (Å²) in [5, 5.41) is 29.5. The first-order chi connectivity index (χ1) is 18.6. The van der Waals surface area contributed by atoms with Crippen molar-refractivity contribution in [2.24, 2.45) is 0 Å². The molecule has 39 heavy (non-hydrogen) atoms. The van der Waals surface area contributed by atoms with Crippen LogP contribution in [0.25, 0.3) is 0 Å². The second-order valence-electron chi connectivity index (χ2n) is 9.53. The Morgan fingerprint density at radius 1 is 0.872 bits per heavy atom. The van der Waals surface area contributed by atoms with Crippen LogP contribution in [0.3, 0.4) is 0 Å². The minimum absolute atomic E-state index is 0.173. The maximum Gasteiger partial charge on any atom is 0.336 e. The highest BCUT2D eigenvalue weighted by Gasteiger charge is 2.24. The van der Waals surface area contributed by atoms with Gasteiger partial charge >= 0.3 is 11.9 Å². The first-order valence-electron chi connectivity index (χ1n) is 13.0. The number of ether oxygens (including phenoxy) is 1. The van der Waals surface area contributed by atoms with E-state index in [2.05, 4.69) is 0 Å². The zero-order valence-corrected chi connectivity index (χ0v) is 22.5. The van der Waals surface area contributed by atoms with Crippen molar-refractivity contribution in [1.82, 2.24) is 0 Å². The molecule has 0 bridgehead atoms. The van der Waals surface area contributed by atoms with Gasteiger partial charge in [0.1, 0.15) is 11.9 Å². The Labute approximate surface area is 228 Å². The second-order valence-corrected chi connectivity index (χ2v) is 9.53. The quantitative estimate of drug-likeness (QED) is 0.239. The number of aromatic carboxylic acids is 2. The molecule has 1 amide bonds. The van der Waals surface area contributed by atoms with Gasteiger partial charge in [0.15, 0.2) is 0 Å². The van der Waals surface area contributed by atoms with Crippen molar-refractivity contribution in [3.8, 4) is 5.75 Å². The van der Waals surface area contributed by atoms with E-state index in [-0.39, 0.29) is 17.0 Å². The third-order valence-corrected chi connectivity index (χ3v) is 7.02. The number of benzene rings is 3. The third kappa shape index (κ3) is 7.45. The van der Waals surface area contributed by atoms with Gasteiger partial charge in [0, 0.05) is 23.9 Å². The monoisotopic (exact) mass is 533 g/mol. The van der Waals surface area contributed by atoms with Gasteiger partial charge in [-0.05, 0) is 74.6 Å². The highest BCUT2D eigenvalue weighted by atomic mass is 16.5. The van der Waals surface area contributed by atoms with Gasteiger partial charge in [-0.1, -0.05) is 44.2 Å². The summed E-state index contributed by atoms with van der Waals surface area (Å²) in [5.41, 5.74) is 0.276. The average molecular weight is 534 g/mol. The highest BCUT2D eigenvalue weighted by Crippen LogP contribution is 2.29. The number of hydrogen-bond acceptors (Lipinski definition) is 5. The molecule has 8 heteroatoms. The predicted octanol–water partition coefficient (Wildman–Crippen LogP) is 6.20. The van der Waals surface area contributed by atoms with Gasteiger partial charge in [0.05, 0.1) is 16.7 Å². The standard InChI is InChI=1S/C31H35NO7/c1-4-31(38,5-2)17-10-18-32(28(33)22-11-7-6-8-12-22)24-13-9-14-25(20-24)39-21(3)23-15-16-26(29(34)35)27(19-23)30(36)37/h6-9,11-16,19-21,38H,4-5,10,17-18H2,1-3H3,(H,34,35)(H,36,37). The molecule has 0 aliphatic carbocycles. The van der Waals surface area contributed by atoms with Crippen LogP contribution in [0, 0.1) is 0 Å². The molecular formula is C31H35NO7. The molecule has 1 atom stereocenters. The van der Waals surface area contributed by atoms with E-state index in [1.54, 1.807) is 54.3 Å². The van der Waals surface area contributed by atoms with Gasteiger partial charge in [-0.3, -0.25) is 4.79 Å². The second kappa shape index (κ2) is 13.1. The van der Waals surface area contributed by atoms with Crippen LogP contribution < -0.4 is 9.64 Å². The number of carbonyl (C=O) groups excluding carboxylic acids is 1. The molecule has 0 heterocycles. The molecule has 3 aromatic rings. The van der Waals surface area contributed by atoms with Gasteiger partial charge < -0.3 is 25.0 Å². The van der Waals surface area contributed by atoms with E-state index < -0.39 is 23.6 Å². The number of aliphatic hydroxyl groups is 1. The fourth-order valence-electron chi connectivity index (χ4n) is 4.43. The van der Waals surface area contributed by atoms with Gasteiger partial charge in [0.2, 0.25) is 0 Å². The van der Waals surface area contributed by atoms with Crippen LogP contribution in [-0.2, 0) is 0 Å². The van der Waals surface area contributed by atoms with Gasteiger partial charge in [-0.2, -0.15) is 0 Å². The average Bonchev–Trinajstić information content (AvgIpc) is 2.95. The molecule has 0 aromatic heterocycles. The van der Waals surface area contributed by atoms with Crippen LogP contribution in [0.1, 0.15) is 89.2 Å². The number of amides is 1. The Kier molecular flexibility index (Phi) is 9.84. The maximum absolute atomic E-state index is 13.5. The van der Waals surface area contributed by atoms with E-state index in [4.69, 9.17) is 4.74 Å². The summed E-state index contributed by atoms with van der Waals surface area (Å²) in [6, 6.07) is 20.1. The maximum atomic E-state index is 13.5. The summed E-state index contributed by atoms with van der Waals surface area (Å²) in [6.45, 7) is 6.03. The number of carboxylic acid groups (broad SMARTS) is 2. The Morgan fingerprint density at radius 3 is 2.15 bits per heavy atom. The van der Waals surface area contributed by atoms with Crippen molar-refractivity contribution >= 4 is 23.5 Å². The lowest BCUT2D eigenvalue weighted by molar-refractivity contribution is 0.0221. The smallest absolute Gasteiger partial charge is 0.336 e. The van der Waals surface area contributed by atoms with Gasteiger partial charge in [0.25, 0.3) is 5.91 Å². The molecule has 0 spiro atoms. The Balaban J connectivity index is 1.86. The summed E-state index contributed by atoms with van der Waals surface area (Å²) in [6.07, 6.45) is 1.84. The van der Waals surface area contributed by atoms with Crippen LogP contribution in [0.5, 0.6) is 5.75 Å². The van der Waals surface area contributed by atoms with E-state index in [9.17, 15) is 29.7 Å². The van der Waals surface area contributed by atoms with Crippen LogP contribution in [0.15, 0.2) is 72.8 Å². The van der Waals surface area contributed by atoms with Crippen molar-refractivity contribution < 1.29 is 34.4 Å². The lowest BCUT2D eigenvalue weighted by Crippen LogP contribution is -2.34. The molecule has 1 unspecified atom stereocenters. The molecule has 0 aliphatic heterocycles. The lowest BCUT2D eigenvalue weighted by Gasteiger charge is -2.28. The number of rotatable bonds is 13. The minimum Gasteiger partial charge on any atom is -0.486 e. The van der Waals surface area contributed by atoms with Crippen molar-refractivity contribution in [3.63, 3.8) is 0 Å². The highest BCUT2D eigenvalue weighted by molar-refractivity contribution is 6.06. The summed E-state index contributed by atoms with van der Waals surface area (Å²) >= 11 is 0. The molecule has 0 radical (unpaired) electrons. The zero-order chi connectivity index (χ0) is 28.6. The summed E-state index contributed by atoms with van der Waals surface area (Å²) in [5.74, 6) is -2.37. The largest absolute Gasteiger partial charge is 0.486 e. The molecule has 0 aliphatic rings.